The zero-order chi connectivity index (χ0) is 13.0. The molecule has 0 saturated carbocycles. The van der Waals surface area contributed by atoms with Crippen molar-refractivity contribution in [1.82, 2.24) is 0 Å². The van der Waals surface area contributed by atoms with Gasteiger partial charge in [-0.2, -0.15) is 21.0 Å². The van der Waals surface area contributed by atoms with Crippen LogP contribution in [0, 0.1) is 56.7 Å². The van der Waals surface area contributed by atoms with Crippen molar-refractivity contribution in [3.63, 3.8) is 0 Å². The molecule has 0 spiro atoms. The predicted molar refractivity (Wildman–Crippen MR) is 53.3 cm³/mol. The van der Waals surface area contributed by atoms with Gasteiger partial charge in [0.15, 0.2) is 5.41 Å². The highest BCUT2D eigenvalue weighted by Gasteiger charge is 2.58. The molecule has 1 unspecified atom stereocenters. The summed E-state index contributed by atoms with van der Waals surface area (Å²) in [7, 11) is 0. The maximum atomic E-state index is 11.2. The van der Waals surface area contributed by atoms with Gasteiger partial charge in [0.1, 0.15) is 17.9 Å². The summed E-state index contributed by atoms with van der Waals surface area (Å²) in [5, 5.41) is 35.6. The lowest BCUT2D eigenvalue weighted by atomic mass is 9.68. The quantitative estimate of drug-likeness (QED) is 0.683. The first-order valence-electron chi connectivity index (χ1n) is 4.19. The topological polar surface area (TPSA) is 112 Å². The van der Waals surface area contributed by atoms with E-state index in [1.807, 2.05) is 0 Å². The van der Waals surface area contributed by atoms with E-state index in [4.69, 9.17) is 32.6 Å². The number of hydrogen-bond donors (Lipinski definition) is 0. The van der Waals surface area contributed by atoms with E-state index in [2.05, 4.69) is 0 Å². The Bertz CT molecular complexity index is 443. The van der Waals surface area contributed by atoms with E-state index in [0.29, 0.717) is 0 Å². The van der Waals surface area contributed by atoms with Crippen LogP contribution in [0.4, 0.5) is 0 Å². The third kappa shape index (κ3) is 1.70. The molecule has 0 saturated heterocycles. The number of alkyl halides is 1. The van der Waals surface area contributed by atoms with Crippen molar-refractivity contribution in [2.45, 2.75) is 18.7 Å². The van der Waals surface area contributed by atoms with E-state index >= 15 is 0 Å². The summed E-state index contributed by atoms with van der Waals surface area (Å²) >= 11 is 5.65. The number of nitrogens with zero attached hydrogens (tertiary/aromatic N) is 4. The number of ketones is 1. The lowest BCUT2D eigenvalue weighted by Gasteiger charge is -2.29. The van der Waals surface area contributed by atoms with Crippen LogP contribution in [0.3, 0.4) is 0 Å². The monoisotopic (exact) mass is 234 g/mol. The van der Waals surface area contributed by atoms with Crippen molar-refractivity contribution in [1.29, 1.82) is 21.0 Å². The Balaban J connectivity index is 5.99. The Hall–Kier alpha value is -2.08. The molecule has 1 atom stereocenters. The first-order chi connectivity index (χ1) is 7.35. The molecule has 0 aliphatic heterocycles. The van der Waals surface area contributed by atoms with Crippen molar-refractivity contribution in [3.05, 3.63) is 0 Å². The molecule has 0 bridgehead atoms. The Morgan fingerprint density at radius 3 is 1.69 bits per heavy atom. The van der Waals surface area contributed by atoms with Crippen LogP contribution in [0.1, 0.15) is 13.8 Å². The number of carbonyl (C=O) groups excluding carboxylic acids is 1. The Morgan fingerprint density at radius 2 is 1.50 bits per heavy atom. The van der Waals surface area contributed by atoms with Gasteiger partial charge in [-0.15, -0.1) is 0 Å². The van der Waals surface area contributed by atoms with E-state index in [-0.39, 0.29) is 0 Å². The first kappa shape index (κ1) is 13.9. The molecule has 6 heteroatoms. The van der Waals surface area contributed by atoms with Gasteiger partial charge in [0.2, 0.25) is 4.87 Å². The molecule has 0 aliphatic carbocycles. The molecule has 0 aromatic heterocycles. The predicted octanol–water partition coefficient (Wildman–Crippen LogP) is 1.27. The highest BCUT2D eigenvalue weighted by atomic mass is 35.5. The number of Topliss-reactive ketones (excluding diaryl/α,β-unsaturated/α-hetero) is 1. The summed E-state index contributed by atoms with van der Waals surface area (Å²) in [5.41, 5.74) is -2.18. The van der Waals surface area contributed by atoms with Gasteiger partial charge < -0.3 is 0 Å². The molecule has 0 aromatic rings. The van der Waals surface area contributed by atoms with Gasteiger partial charge in [0.25, 0.3) is 0 Å². The fourth-order valence-corrected chi connectivity index (χ4v) is 1.43. The van der Waals surface area contributed by atoms with Gasteiger partial charge in [-0.05, 0) is 6.92 Å². The van der Waals surface area contributed by atoms with E-state index in [1.165, 1.54) is 38.1 Å². The molecule has 16 heavy (non-hydrogen) atoms. The zero-order valence-corrected chi connectivity index (χ0v) is 9.41. The van der Waals surface area contributed by atoms with Crippen LogP contribution in [-0.2, 0) is 4.79 Å². The average Bonchev–Trinajstić information content (AvgIpc) is 2.30. The molecule has 0 radical (unpaired) electrons. The summed E-state index contributed by atoms with van der Waals surface area (Å²) in [6.45, 7) is 2.46. The van der Waals surface area contributed by atoms with Crippen LogP contribution in [0.25, 0.3) is 0 Å². The third-order valence-corrected chi connectivity index (χ3v) is 2.93. The third-order valence-electron chi connectivity index (χ3n) is 2.46. The van der Waals surface area contributed by atoms with Crippen LogP contribution >= 0.6 is 11.6 Å². The van der Waals surface area contributed by atoms with Crippen molar-refractivity contribution in [2.24, 2.45) is 11.3 Å². The normalized spacial score (nSPS) is 12.4. The zero-order valence-electron chi connectivity index (χ0n) is 8.65. The highest BCUT2D eigenvalue weighted by molar-refractivity contribution is 6.29. The maximum absolute atomic E-state index is 11.2. The maximum Gasteiger partial charge on any atom is 0.248 e. The SMILES string of the molecule is CC(=O)C(C)C(C#N)(C#N)C(Cl)(C#N)C#N. The van der Waals surface area contributed by atoms with Crippen molar-refractivity contribution >= 4 is 17.4 Å². The first-order valence-corrected chi connectivity index (χ1v) is 4.57. The molecule has 0 heterocycles. The van der Waals surface area contributed by atoms with Gasteiger partial charge in [-0.1, -0.05) is 18.5 Å². The fraction of sp³-hybridized carbons (Fsp3) is 0.500. The van der Waals surface area contributed by atoms with E-state index in [0.717, 1.165) is 0 Å². The average molecular weight is 235 g/mol. The number of rotatable bonds is 3. The summed E-state index contributed by atoms with van der Waals surface area (Å²) in [6, 6.07) is 5.89. The van der Waals surface area contributed by atoms with Crippen molar-refractivity contribution in [2.75, 3.05) is 0 Å². The van der Waals surface area contributed by atoms with E-state index in [9.17, 15) is 4.79 Å². The standard InChI is InChI=1S/C10H7ClN4O/c1-7(8(2)16)9(3-12,4-13)10(11,5-14)6-15/h7H,1-2H3. The molecular formula is C10H7ClN4O. The molecule has 5 nitrogen and oxygen atoms in total. The smallest absolute Gasteiger partial charge is 0.248 e. The van der Waals surface area contributed by atoms with E-state index < -0.39 is 22.0 Å². The molecule has 0 aliphatic rings. The number of nitriles is 4. The van der Waals surface area contributed by atoms with Crippen molar-refractivity contribution < 1.29 is 4.79 Å². The molecule has 0 fully saturated rings. The van der Waals surface area contributed by atoms with Gasteiger partial charge in [-0.25, -0.2) is 0 Å². The molecule has 0 N–H and O–H groups in total. The molecule has 0 rings (SSSR count). The highest BCUT2D eigenvalue weighted by Crippen LogP contribution is 2.42. The summed E-state index contributed by atoms with van der Waals surface area (Å²) < 4.78 is 0. The number of carbonyl (C=O) groups is 1. The second-order valence-corrected chi connectivity index (χ2v) is 3.81. The van der Waals surface area contributed by atoms with E-state index in [1.54, 1.807) is 0 Å². The molecule has 80 valence electrons. The fourth-order valence-electron chi connectivity index (χ4n) is 1.18. The minimum absolute atomic E-state index is 0.487. The van der Waals surface area contributed by atoms with Gasteiger partial charge in [-0.3, -0.25) is 4.79 Å². The van der Waals surface area contributed by atoms with Gasteiger partial charge >= 0.3 is 0 Å². The van der Waals surface area contributed by atoms with Crippen molar-refractivity contribution in [3.8, 4) is 24.3 Å². The Morgan fingerprint density at radius 1 is 1.12 bits per heavy atom. The summed E-state index contributed by atoms with van der Waals surface area (Å²) in [6.07, 6.45) is 0. The minimum Gasteiger partial charge on any atom is -0.300 e. The number of hydrogen-bond acceptors (Lipinski definition) is 5. The Kier molecular flexibility index (Phi) is 4.02. The second kappa shape index (κ2) is 4.63. The van der Waals surface area contributed by atoms with Crippen LogP contribution in [0.5, 0.6) is 0 Å². The second-order valence-electron chi connectivity index (χ2n) is 3.25. The van der Waals surface area contributed by atoms with Crippen LogP contribution < -0.4 is 0 Å². The van der Waals surface area contributed by atoms with Gasteiger partial charge in [0, 0.05) is 0 Å². The van der Waals surface area contributed by atoms with Crippen LogP contribution in [0.15, 0.2) is 0 Å². The van der Waals surface area contributed by atoms with Crippen LogP contribution in [0.2, 0.25) is 0 Å². The lowest BCUT2D eigenvalue weighted by Crippen LogP contribution is -2.46. The minimum atomic E-state index is -2.36. The molecule has 0 aromatic carbocycles. The van der Waals surface area contributed by atoms with Crippen LogP contribution in [-0.4, -0.2) is 10.7 Å². The largest absolute Gasteiger partial charge is 0.300 e. The number of halogens is 1. The molecular weight excluding hydrogens is 228 g/mol. The Labute approximate surface area is 98.1 Å². The summed E-state index contributed by atoms with van der Waals surface area (Å²) in [4.78, 5) is 8.85. The molecule has 0 amide bonds. The summed E-state index contributed by atoms with van der Waals surface area (Å²) in [5.74, 6) is -1.61. The van der Waals surface area contributed by atoms with Gasteiger partial charge in [0.05, 0.1) is 18.1 Å². The lowest BCUT2D eigenvalue weighted by molar-refractivity contribution is -0.122.